The molecule has 0 unspecified atom stereocenters. The summed E-state index contributed by atoms with van der Waals surface area (Å²) in [7, 11) is -3.34. The topological polar surface area (TPSA) is 119 Å². The van der Waals surface area contributed by atoms with Crippen molar-refractivity contribution < 1.29 is 27.5 Å². The summed E-state index contributed by atoms with van der Waals surface area (Å²) in [6.45, 7) is 3.50. The second kappa shape index (κ2) is 9.91. The summed E-state index contributed by atoms with van der Waals surface area (Å²) in [5.74, 6) is -2.18. The zero-order valence-corrected chi connectivity index (χ0v) is 15.8. The van der Waals surface area contributed by atoms with Crippen molar-refractivity contribution in [2.45, 2.75) is 32.4 Å². The number of carbonyl (C=O) groups excluding carboxylic acids is 3. The largest absolute Gasteiger partial charge is 0.451 e. The van der Waals surface area contributed by atoms with Gasteiger partial charge in [-0.3, -0.25) is 9.59 Å². The van der Waals surface area contributed by atoms with E-state index in [1.54, 1.807) is 37.3 Å². The average molecular weight is 384 g/mol. The highest BCUT2D eigenvalue weighted by Gasteiger charge is 2.27. The number of sulfone groups is 1. The van der Waals surface area contributed by atoms with Crippen LogP contribution in [0.5, 0.6) is 0 Å². The molecule has 0 aliphatic carbocycles. The van der Waals surface area contributed by atoms with E-state index in [1.807, 2.05) is 0 Å². The fraction of sp³-hybridized carbons (Fsp3) is 0.471. The number of nitrogens with one attached hydrogen (secondary N) is 2. The quantitative estimate of drug-likeness (QED) is 0.591. The second-order valence-corrected chi connectivity index (χ2v) is 8.04. The van der Waals surface area contributed by atoms with Crippen molar-refractivity contribution in [1.29, 1.82) is 0 Å². The molecule has 0 heterocycles. The lowest BCUT2D eigenvalue weighted by molar-refractivity contribution is -0.156. The molecule has 144 valence electrons. The van der Waals surface area contributed by atoms with Crippen molar-refractivity contribution in [2.24, 2.45) is 0 Å². The molecule has 0 fully saturated rings. The molecule has 2 atom stereocenters. The third kappa shape index (κ3) is 7.64. The Morgan fingerprint density at radius 2 is 1.77 bits per heavy atom. The van der Waals surface area contributed by atoms with Crippen molar-refractivity contribution in [3.05, 3.63) is 35.9 Å². The van der Waals surface area contributed by atoms with Crippen molar-refractivity contribution in [1.82, 2.24) is 10.6 Å². The van der Waals surface area contributed by atoms with Crippen LogP contribution in [-0.4, -0.2) is 56.9 Å². The molecule has 26 heavy (non-hydrogen) atoms. The maximum atomic E-state index is 12.3. The number of amides is 2. The molecule has 9 heteroatoms. The van der Waals surface area contributed by atoms with Crippen LogP contribution in [0.15, 0.2) is 30.3 Å². The standard InChI is InChI=1S/C17H24N2O6S/c1-4-18-15(20)12(2)25-17(22)14(10-11-26(3,23)24)19-16(21)13-8-6-5-7-9-13/h5-9,12,14H,4,10-11H2,1-3H3,(H,18,20)(H,19,21)/t12-,14-/m1/s1. The first-order chi connectivity index (χ1) is 12.1. The minimum atomic E-state index is -3.34. The van der Waals surface area contributed by atoms with Crippen LogP contribution < -0.4 is 10.6 Å². The first-order valence-corrected chi connectivity index (χ1v) is 10.2. The number of ether oxygens (including phenoxy) is 1. The van der Waals surface area contributed by atoms with E-state index in [0.717, 1.165) is 6.26 Å². The highest BCUT2D eigenvalue weighted by atomic mass is 32.2. The van der Waals surface area contributed by atoms with Crippen LogP contribution in [0.25, 0.3) is 0 Å². The fourth-order valence-electron chi connectivity index (χ4n) is 2.04. The van der Waals surface area contributed by atoms with Gasteiger partial charge in [0.05, 0.1) is 5.75 Å². The number of esters is 1. The van der Waals surface area contributed by atoms with Gasteiger partial charge in [-0.1, -0.05) is 18.2 Å². The van der Waals surface area contributed by atoms with E-state index >= 15 is 0 Å². The minimum absolute atomic E-state index is 0.154. The van der Waals surface area contributed by atoms with Crippen LogP contribution in [0, 0.1) is 0 Å². The normalized spacial score (nSPS) is 13.3. The molecule has 0 saturated carbocycles. The van der Waals surface area contributed by atoms with E-state index < -0.39 is 39.8 Å². The monoisotopic (exact) mass is 384 g/mol. The van der Waals surface area contributed by atoms with Crippen LogP contribution in [0.3, 0.4) is 0 Å². The lowest BCUT2D eigenvalue weighted by Gasteiger charge is -2.20. The maximum Gasteiger partial charge on any atom is 0.329 e. The summed E-state index contributed by atoms with van der Waals surface area (Å²) < 4.78 is 27.9. The van der Waals surface area contributed by atoms with Gasteiger partial charge in [-0.25, -0.2) is 13.2 Å². The van der Waals surface area contributed by atoms with Crippen LogP contribution in [0.4, 0.5) is 0 Å². The Morgan fingerprint density at radius 1 is 1.15 bits per heavy atom. The van der Waals surface area contributed by atoms with E-state index in [9.17, 15) is 22.8 Å². The molecule has 0 saturated heterocycles. The molecule has 1 rings (SSSR count). The zero-order chi connectivity index (χ0) is 19.7. The molecule has 0 spiro atoms. The second-order valence-electron chi connectivity index (χ2n) is 5.78. The molecule has 0 aliphatic rings. The van der Waals surface area contributed by atoms with Crippen molar-refractivity contribution >= 4 is 27.6 Å². The van der Waals surface area contributed by atoms with Crippen molar-refractivity contribution in [3.8, 4) is 0 Å². The molecule has 0 aromatic heterocycles. The smallest absolute Gasteiger partial charge is 0.329 e. The Bertz CT molecular complexity index is 733. The summed E-state index contributed by atoms with van der Waals surface area (Å²) in [6, 6.07) is 7.00. The third-order valence-corrected chi connectivity index (χ3v) is 4.39. The number of likely N-dealkylation sites (N-methyl/N-ethyl adjacent to an activating group) is 1. The molecule has 2 N–H and O–H groups in total. The van der Waals surface area contributed by atoms with Gasteiger partial charge in [0.25, 0.3) is 11.8 Å². The van der Waals surface area contributed by atoms with Gasteiger partial charge in [0.2, 0.25) is 0 Å². The third-order valence-electron chi connectivity index (χ3n) is 3.42. The summed E-state index contributed by atoms with van der Waals surface area (Å²) in [5.41, 5.74) is 0.321. The molecule has 0 aliphatic heterocycles. The van der Waals surface area contributed by atoms with E-state index in [0.29, 0.717) is 12.1 Å². The summed E-state index contributed by atoms with van der Waals surface area (Å²) >= 11 is 0. The lowest BCUT2D eigenvalue weighted by atomic mass is 10.1. The van der Waals surface area contributed by atoms with Gasteiger partial charge in [-0.15, -0.1) is 0 Å². The number of hydrogen-bond acceptors (Lipinski definition) is 6. The molecular weight excluding hydrogens is 360 g/mol. The fourth-order valence-corrected chi connectivity index (χ4v) is 2.70. The average Bonchev–Trinajstić information content (AvgIpc) is 2.58. The van der Waals surface area contributed by atoms with E-state index in [2.05, 4.69) is 10.6 Å². The van der Waals surface area contributed by atoms with Gasteiger partial charge in [-0.05, 0) is 32.4 Å². The van der Waals surface area contributed by atoms with Crippen LogP contribution in [-0.2, 0) is 24.2 Å². The maximum absolute atomic E-state index is 12.3. The number of benzene rings is 1. The SMILES string of the molecule is CCNC(=O)[C@@H](C)OC(=O)[C@@H](CCS(C)(=O)=O)NC(=O)c1ccccc1. The Labute approximate surface area is 153 Å². The molecule has 1 aromatic carbocycles. The van der Waals surface area contributed by atoms with E-state index in [-0.39, 0.29) is 12.2 Å². The lowest BCUT2D eigenvalue weighted by Crippen LogP contribution is -2.45. The van der Waals surface area contributed by atoms with Gasteiger partial charge in [0.15, 0.2) is 6.10 Å². The van der Waals surface area contributed by atoms with Gasteiger partial charge in [0, 0.05) is 18.4 Å². The Kier molecular flexibility index (Phi) is 8.24. The highest BCUT2D eigenvalue weighted by Crippen LogP contribution is 2.06. The molecular formula is C17H24N2O6S. The molecule has 0 bridgehead atoms. The first-order valence-electron chi connectivity index (χ1n) is 8.16. The molecule has 1 aromatic rings. The van der Waals surface area contributed by atoms with Gasteiger partial charge in [-0.2, -0.15) is 0 Å². The zero-order valence-electron chi connectivity index (χ0n) is 15.0. The summed E-state index contributed by atoms with van der Waals surface area (Å²) in [5, 5.41) is 4.99. The molecule has 0 radical (unpaired) electrons. The van der Waals surface area contributed by atoms with Crippen molar-refractivity contribution in [3.63, 3.8) is 0 Å². The van der Waals surface area contributed by atoms with Gasteiger partial charge >= 0.3 is 5.97 Å². The number of rotatable bonds is 9. The summed E-state index contributed by atoms with van der Waals surface area (Å²) in [4.78, 5) is 36.3. The Hall–Kier alpha value is -2.42. The van der Waals surface area contributed by atoms with E-state index in [1.165, 1.54) is 6.92 Å². The Morgan fingerprint density at radius 3 is 2.31 bits per heavy atom. The Balaban J connectivity index is 2.84. The predicted octanol–water partition coefficient (Wildman–Crippen LogP) is 0.288. The summed E-state index contributed by atoms with van der Waals surface area (Å²) in [6.07, 6.45) is -0.179. The first kappa shape index (κ1) is 21.6. The number of carbonyl (C=O) groups is 3. The van der Waals surface area contributed by atoms with Gasteiger partial charge < -0.3 is 15.4 Å². The van der Waals surface area contributed by atoms with Crippen LogP contribution in [0.2, 0.25) is 0 Å². The van der Waals surface area contributed by atoms with Gasteiger partial charge in [0.1, 0.15) is 15.9 Å². The predicted molar refractivity (Wildman–Crippen MR) is 96.3 cm³/mol. The van der Waals surface area contributed by atoms with Crippen molar-refractivity contribution in [2.75, 3.05) is 18.6 Å². The molecule has 2 amide bonds. The highest BCUT2D eigenvalue weighted by molar-refractivity contribution is 7.90. The van der Waals surface area contributed by atoms with Crippen LogP contribution >= 0.6 is 0 Å². The molecule has 8 nitrogen and oxygen atoms in total. The van der Waals surface area contributed by atoms with E-state index in [4.69, 9.17) is 4.74 Å². The van der Waals surface area contributed by atoms with Crippen LogP contribution in [0.1, 0.15) is 30.6 Å². The number of hydrogen-bond donors (Lipinski definition) is 2. The minimum Gasteiger partial charge on any atom is -0.451 e.